The molecular formula is C19H26N6O2. The van der Waals surface area contributed by atoms with Crippen molar-refractivity contribution in [3.8, 4) is 5.88 Å². The number of aromatic nitrogens is 3. The van der Waals surface area contributed by atoms with Crippen molar-refractivity contribution >= 4 is 11.7 Å². The molecule has 1 atom stereocenters. The smallest absolute Gasteiger partial charge is 0.286 e. The second-order valence-corrected chi connectivity index (χ2v) is 6.66. The number of primary amides is 1. The number of nitrogens with zero attached hydrogens (tertiary/aromatic N) is 4. The van der Waals surface area contributed by atoms with Crippen LogP contribution in [0, 0.1) is 13.8 Å². The number of ether oxygens (including phenoxy) is 1. The molecule has 1 amide bonds. The fraction of sp³-hybridized carbons (Fsp3) is 0.474. The van der Waals surface area contributed by atoms with Crippen LogP contribution in [0.5, 0.6) is 5.88 Å². The van der Waals surface area contributed by atoms with Crippen molar-refractivity contribution in [1.82, 2.24) is 20.3 Å². The van der Waals surface area contributed by atoms with Crippen molar-refractivity contribution in [3.05, 3.63) is 41.0 Å². The molecule has 0 aromatic carbocycles. The van der Waals surface area contributed by atoms with Gasteiger partial charge in [0.1, 0.15) is 5.82 Å². The lowest BCUT2D eigenvalue weighted by molar-refractivity contribution is 0.0990. The standard InChI is InChI=1S/C19H26N6O2/c1-4-27-16-7-5-6-14(23-16)10-21-15-8-9-25(11-15)19-12(2)13(3)22-18(24-19)17(20)26/h5-7,15,21H,4,8-11H2,1-3H3,(H2,20,26)/t15-/m1/s1. The van der Waals surface area contributed by atoms with Crippen molar-refractivity contribution in [1.29, 1.82) is 0 Å². The largest absolute Gasteiger partial charge is 0.478 e. The van der Waals surface area contributed by atoms with Gasteiger partial charge in [-0.05, 0) is 33.3 Å². The van der Waals surface area contributed by atoms with Crippen LogP contribution >= 0.6 is 0 Å². The molecule has 3 heterocycles. The van der Waals surface area contributed by atoms with E-state index in [-0.39, 0.29) is 5.82 Å². The summed E-state index contributed by atoms with van der Waals surface area (Å²) in [4.78, 5) is 26.7. The molecule has 2 aromatic heterocycles. The summed E-state index contributed by atoms with van der Waals surface area (Å²) >= 11 is 0. The van der Waals surface area contributed by atoms with Crippen molar-refractivity contribution in [2.45, 2.75) is 39.8 Å². The molecule has 3 N–H and O–H groups in total. The van der Waals surface area contributed by atoms with Crippen LogP contribution in [0.25, 0.3) is 0 Å². The molecule has 1 aliphatic heterocycles. The molecule has 0 unspecified atom stereocenters. The van der Waals surface area contributed by atoms with Gasteiger partial charge in [-0.15, -0.1) is 0 Å². The summed E-state index contributed by atoms with van der Waals surface area (Å²) in [6, 6.07) is 6.11. The number of carbonyl (C=O) groups excluding carboxylic acids is 1. The monoisotopic (exact) mass is 370 g/mol. The van der Waals surface area contributed by atoms with Gasteiger partial charge in [0.15, 0.2) is 0 Å². The Morgan fingerprint density at radius 3 is 2.89 bits per heavy atom. The second-order valence-electron chi connectivity index (χ2n) is 6.66. The van der Waals surface area contributed by atoms with E-state index in [2.05, 4.69) is 25.2 Å². The molecule has 27 heavy (non-hydrogen) atoms. The Morgan fingerprint density at radius 2 is 2.15 bits per heavy atom. The maximum Gasteiger partial charge on any atom is 0.286 e. The van der Waals surface area contributed by atoms with Crippen LogP contribution in [0.1, 0.15) is 40.9 Å². The lowest BCUT2D eigenvalue weighted by atomic mass is 10.2. The molecule has 8 nitrogen and oxygen atoms in total. The Bertz CT molecular complexity index is 826. The van der Waals surface area contributed by atoms with E-state index < -0.39 is 5.91 Å². The molecule has 3 rings (SSSR count). The molecule has 1 aliphatic rings. The van der Waals surface area contributed by atoms with Crippen molar-refractivity contribution in [2.24, 2.45) is 5.73 Å². The van der Waals surface area contributed by atoms with E-state index in [4.69, 9.17) is 10.5 Å². The minimum atomic E-state index is -0.603. The highest BCUT2D eigenvalue weighted by atomic mass is 16.5. The SMILES string of the molecule is CCOc1cccc(CN[C@@H]2CCN(c3nc(C(N)=O)nc(C)c3C)C2)n1. The Balaban J connectivity index is 1.64. The van der Waals surface area contributed by atoms with Gasteiger partial charge >= 0.3 is 0 Å². The number of nitrogens with one attached hydrogen (secondary N) is 1. The van der Waals surface area contributed by atoms with Crippen LogP contribution in [0.3, 0.4) is 0 Å². The molecule has 0 bridgehead atoms. The Morgan fingerprint density at radius 1 is 1.33 bits per heavy atom. The van der Waals surface area contributed by atoms with E-state index in [1.165, 1.54) is 0 Å². The molecule has 144 valence electrons. The number of rotatable bonds is 7. The molecule has 0 saturated carbocycles. The zero-order valence-electron chi connectivity index (χ0n) is 16.0. The first kappa shape index (κ1) is 19.0. The molecule has 0 radical (unpaired) electrons. The zero-order valence-corrected chi connectivity index (χ0v) is 16.0. The number of hydrogen-bond acceptors (Lipinski definition) is 7. The maximum absolute atomic E-state index is 11.5. The predicted octanol–water partition coefficient (Wildman–Crippen LogP) is 1.35. The first-order valence-corrected chi connectivity index (χ1v) is 9.20. The summed E-state index contributed by atoms with van der Waals surface area (Å²) in [5, 5.41) is 3.54. The first-order chi connectivity index (χ1) is 13.0. The fourth-order valence-corrected chi connectivity index (χ4v) is 3.18. The van der Waals surface area contributed by atoms with Gasteiger partial charge in [-0.1, -0.05) is 6.07 Å². The zero-order chi connectivity index (χ0) is 19.4. The van der Waals surface area contributed by atoms with Crippen LogP contribution in [0.4, 0.5) is 5.82 Å². The second kappa shape index (κ2) is 8.30. The van der Waals surface area contributed by atoms with E-state index >= 15 is 0 Å². The highest BCUT2D eigenvalue weighted by Gasteiger charge is 2.26. The average molecular weight is 370 g/mol. The Hall–Kier alpha value is -2.74. The van der Waals surface area contributed by atoms with E-state index in [1.54, 1.807) is 0 Å². The minimum absolute atomic E-state index is 0.0708. The van der Waals surface area contributed by atoms with Crippen LogP contribution in [0.2, 0.25) is 0 Å². The van der Waals surface area contributed by atoms with Crippen LogP contribution in [-0.4, -0.2) is 46.6 Å². The topological polar surface area (TPSA) is 106 Å². The van der Waals surface area contributed by atoms with Crippen molar-refractivity contribution < 1.29 is 9.53 Å². The highest BCUT2D eigenvalue weighted by molar-refractivity contribution is 5.89. The van der Waals surface area contributed by atoms with Crippen LogP contribution in [-0.2, 0) is 6.54 Å². The summed E-state index contributed by atoms with van der Waals surface area (Å²) in [5.41, 5.74) is 8.07. The fourth-order valence-electron chi connectivity index (χ4n) is 3.18. The molecule has 1 fully saturated rings. The van der Waals surface area contributed by atoms with Gasteiger partial charge in [-0.3, -0.25) is 4.79 Å². The molecule has 1 saturated heterocycles. The number of pyridine rings is 1. The summed E-state index contributed by atoms with van der Waals surface area (Å²) in [6.45, 7) is 8.73. The normalized spacial score (nSPS) is 16.6. The third-order valence-electron chi connectivity index (χ3n) is 4.72. The van der Waals surface area contributed by atoms with E-state index in [1.807, 2.05) is 39.0 Å². The number of nitrogens with two attached hydrogens (primary N) is 1. The van der Waals surface area contributed by atoms with Gasteiger partial charge in [0.25, 0.3) is 5.91 Å². The number of aryl methyl sites for hydroxylation is 1. The van der Waals surface area contributed by atoms with Crippen molar-refractivity contribution in [2.75, 3.05) is 24.6 Å². The third-order valence-corrected chi connectivity index (χ3v) is 4.72. The van der Waals surface area contributed by atoms with Gasteiger partial charge in [-0.2, -0.15) is 0 Å². The summed E-state index contributed by atoms with van der Waals surface area (Å²) in [5.74, 6) is 0.905. The summed E-state index contributed by atoms with van der Waals surface area (Å²) < 4.78 is 5.45. The minimum Gasteiger partial charge on any atom is -0.478 e. The number of anilines is 1. The van der Waals surface area contributed by atoms with E-state index in [9.17, 15) is 4.79 Å². The predicted molar refractivity (Wildman–Crippen MR) is 103 cm³/mol. The lowest BCUT2D eigenvalue weighted by Gasteiger charge is -2.21. The van der Waals surface area contributed by atoms with Crippen molar-refractivity contribution in [3.63, 3.8) is 0 Å². The van der Waals surface area contributed by atoms with E-state index in [0.29, 0.717) is 25.1 Å². The molecule has 8 heteroatoms. The number of amides is 1. The van der Waals surface area contributed by atoms with E-state index in [0.717, 1.165) is 42.3 Å². The maximum atomic E-state index is 11.5. The third kappa shape index (κ3) is 4.51. The van der Waals surface area contributed by atoms with Gasteiger partial charge in [0, 0.05) is 43.0 Å². The van der Waals surface area contributed by atoms with Gasteiger partial charge < -0.3 is 20.7 Å². The molecular weight excluding hydrogens is 344 g/mol. The Kier molecular flexibility index (Phi) is 5.85. The quantitative estimate of drug-likeness (QED) is 0.758. The molecule has 0 spiro atoms. The van der Waals surface area contributed by atoms with Gasteiger partial charge in [-0.25, -0.2) is 15.0 Å². The highest BCUT2D eigenvalue weighted by Crippen LogP contribution is 2.24. The average Bonchev–Trinajstić information content (AvgIpc) is 3.11. The first-order valence-electron chi connectivity index (χ1n) is 9.20. The lowest BCUT2D eigenvalue weighted by Crippen LogP contribution is -2.33. The van der Waals surface area contributed by atoms with Crippen LogP contribution in [0.15, 0.2) is 18.2 Å². The van der Waals surface area contributed by atoms with Gasteiger partial charge in [0.05, 0.1) is 12.3 Å². The number of carbonyl (C=O) groups is 1. The van der Waals surface area contributed by atoms with Gasteiger partial charge in [0.2, 0.25) is 11.7 Å². The summed E-state index contributed by atoms with van der Waals surface area (Å²) in [7, 11) is 0. The molecule has 0 aliphatic carbocycles. The van der Waals surface area contributed by atoms with Crippen LogP contribution < -0.4 is 20.7 Å². The molecule has 2 aromatic rings. The Labute approximate surface area is 159 Å². The number of hydrogen-bond donors (Lipinski definition) is 2. The summed E-state index contributed by atoms with van der Waals surface area (Å²) in [6.07, 6.45) is 0.986.